The number of halogens is 1. The van der Waals surface area contributed by atoms with Crippen LogP contribution in [0.4, 0.5) is 0 Å². The molecule has 1 fully saturated rings. The molecule has 3 nitrogen and oxygen atoms in total. The fraction of sp³-hybridized carbons (Fsp3) is 0.294. The van der Waals surface area contributed by atoms with Gasteiger partial charge in [-0.3, -0.25) is 9.78 Å². The van der Waals surface area contributed by atoms with E-state index in [2.05, 4.69) is 32.3 Å². The number of aromatic nitrogens is 1. The summed E-state index contributed by atoms with van der Waals surface area (Å²) in [7, 11) is 0. The quantitative estimate of drug-likeness (QED) is 0.900. The Morgan fingerprint density at radius 1 is 1.19 bits per heavy atom. The number of carbonyl (C=O) groups excluding carboxylic acids is 1. The summed E-state index contributed by atoms with van der Waals surface area (Å²) in [6.07, 6.45) is 6.70. The average Bonchev–Trinajstić information content (AvgIpc) is 3.33. The summed E-state index contributed by atoms with van der Waals surface area (Å²) in [5, 5.41) is 2.96. The molecule has 0 atom stereocenters. The standard InChI is InChI=1S/C17H17BrN2O/c18-16-5-1-12(2-6-16)8-17(21)20-10-13-7-15(11-19-9-13)14-3-4-14/h1-2,5-7,9,11,14H,3-4,8,10H2,(H,20,21). The van der Waals surface area contributed by atoms with E-state index in [1.165, 1.54) is 18.4 Å². The van der Waals surface area contributed by atoms with Crippen LogP contribution in [-0.4, -0.2) is 10.9 Å². The third kappa shape index (κ3) is 4.14. The van der Waals surface area contributed by atoms with Crippen LogP contribution in [0.15, 0.2) is 47.2 Å². The van der Waals surface area contributed by atoms with Gasteiger partial charge in [-0.25, -0.2) is 0 Å². The number of rotatable bonds is 5. The molecule has 1 aliphatic carbocycles. The van der Waals surface area contributed by atoms with Crippen LogP contribution in [0, 0.1) is 0 Å². The van der Waals surface area contributed by atoms with Gasteiger partial charge in [-0.05, 0) is 47.6 Å². The Morgan fingerprint density at radius 3 is 2.67 bits per heavy atom. The zero-order valence-corrected chi connectivity index (χ0v) is 13.3. The molecule has 1 aromatic carbocycles. The van der Waals surface area contributed by atoms with Gasteiger partial charge in [-0.15, -0.1) is 0 Å². The molecule has 0 bridgehead atoms. The largest absolute Gasteiger partial charge is 0.352 e. The van der Waals surface area contributed by atoms with Gasteiger partial charge in [0.05, 0.1) is 6.42 Å². The number of carbonyl (C=O) groups is 1. The van der Waals surface area contributed by atoms with E-state index in [1.807, 2.05) is 36.7 Å². The van der Waals surface area contributed by atoms with Crippen molar-refractivity contribution in [2.24, 2.45) is 0 Å². The highest BCUT2D eigenvalue weighted by atomic mass is 79.9. The summed E-state index contributed by atoms with van der Waals surface area (Å²) in [5.74, 6) is 0.727. The Hall–Kier alpha value is -1.68. The van der Waals surface area contributed by atoms with Crippen LogP contribution in [0.2, 0.25) is 0 Å². The van der Waals surface area contributed by atoms with Crippen molar-refractivity contribution in [1.82, 2.24) is 10.3 Å². The zero-order valence-electron chi connectivity index (χ0n) is 11.7. The summed E-state index contributed by atoms with van der Waals surface area (Å²) in [4.78, 5) is 16.2. The van der Waals surface area contributed by atoms with Crippen molar-refractivity contribution in [1.29, 1.82) is 0 Å². The Bertz CT molecular complexity index is 635. The second-order valence-corrected chi connectivity index (χ2v) is 6.40. The third-order valence-corrected chi connectivity index (χ3v) is 4.16. The number of nitrogens with one attached hydrogen (secondary N) is 1. The second-order valence-electron chi connectivity index (χ2n) is 5.48. The maximum Gasteiger partial charge on any atom is 0.224 e. The Labute approximate surface area is 132 Å². The summed E-state index contributed by atoms with van der Waals surface area (Å²) in [5.41, 5.74) is 3.39. The first kappa shape index (κ1) is 14.3. The molecule has 0 saturated heterocycles. The van der Waals surface area contributed by atoms with E-state index in [9.17, 15) is 4.79 Å². The van der Waals surface area contributed by atoms with E-state index in [-0.39, 0.29) is 5.91 Å². The molecular weight excluding hydrogens is 328 g/mol. The van der Waals surface area contributed by atoms with Crippen LogP contribution in [0.3, 0.4) is 0 Å². The van der Waals surface area contributed by atoms with Gasteiger partial charge in [-0.2, -0.15) is 0 Å². The molecule has 1 aromatic heterocycles. The lowest BCUT2D eigenvalue weighted by Crippen LogP contribution is -2.24. The highest BCUT2D eigenvalue weighted by Gasteiger charge is 2.23. The van der Waals surface area contributed by atoms with Crippen molar-refractivity contribution < 1.29 is 4.79 Å². The Kier molecular flexibility index (Phi) is 4.34. The highest BCUT2D eigenvalue weighted by molar-refractivity contribution is 9.10. The Balaban J connectivity index is 1.53. The lowest BCUT2D eigenvalue weighted by molar-refractivity contribution is -0.120. The van der Waals surface area contributed by atoms with Gasteiger partial charge in [0.1, 0.15) is 0 Å². The van der Waals surface area contributed by atoms with Gasteiger partial charge in [0.25, 0.3) is 0 Å². The summed E-state index contributed by atoms with van der Waals surface area (Å²) in [6, 6.07) is 9.97. The zero-order chi connectivity index (χ0) is 14.7. The SMILES string of the molecule is O=C(Cc1ccc(Br)cc1)NCc1cncc(C2CC2)c1. The minimum absolute atomic E-state index is 0.0362. The van der Waals surface area contributed by atoms with Crippen molar-refractivity contribution in [3.05, 3.63) is 63.9 Å². The van der Waals surface area contributed by atoms with Crippen LogP contribution in [0.25, 0.3) is 0 Å². The number of nitrogens with zero attached hydrogens (tertiary/aromatic N) is 1. The van der Waals surface area contributed by atoms with E-state index in [0.717, 1.165) is 15.6 Å². The van der Waals surface area contributed by atoms with Crippen molar-refractivity contribution in [2.45, 2.75) is 31.7 Å². The molecule has 3 rings (SSSR count). The highest BCUT2D eigenvalue weighted by Crippen LogP contribution is 2.39. The molecule has 0 spiro atoms. The lowest BCUT2D eigenvalue weighted by atomic mass is 10.1. The lowest BCUT2D eigenvalue weighted by Gasteiger charge is -2.07. The van der Waals surface area contributed by atoms with Crippen LogP contribution >= 0.6 is 15.9 Å². The molecule has 0 radical (unpaired) electrons. The van der Waals surface area contributed by atoms with Gasteiger partial charge >= 0.3 is 0 Å². The molecule has 1 N–H and O–H groups in total. The molecule has 1 aliphatic rings. The average molecular weight is 345 g/mol. The molecule has 0 unspecified atom stereocenters. The van der Waals surface area contributed by atoms with Gasteiger partial charge in [0.2, 0.25) is 5.91 Å². The normalized spacial score (nSPS) is 14.0. The predicted molar refractivity (Wildman–Crippen MR) is 85.9 cm³/mol. The van der Waals surface area contributed by atoms with Gasteiger partial charge in [-0.1, -0.05) is 34.1 Å². The second kappa shape index (κ2) is 6.39. The van der Waals surface area contributed by atoms with E-state index < -0.39 is 0 Å². The molecule has 21 heavy (non-hydrogen) atoms. The smallest absolute Gasteiger partial charge is 0.224 e. The fourth-order valence-electron chi connectivity index (χ4n) is 2.30. The Morgan fingerprint density at radius 2 is 1.95 bits per heavy atom. The molecular formula is C17H17BrN2O. The van der Waals surface area contributed by atoms with Gasteiger partial charge < -0.3 is 5.32 Å². The van der Waals surface area contributed by atoms with Crippen molar-refractivity contribution in [3.8, 4) is 0 Å². The molecule has 1 saturated carbocycles. The van der Waals surface area contributed by atoms with E-state index >= 15 is 0 Å². The predicted octanol–water partition coefficient (Wildman–Crippen LogP) is 3.58. The maximum absolute atomic E-state index is 12.0. The van der Waals surface area contributed by atoms with Crippen molar-refractivity contribution >= 4 is 21.8 Å². The number of benzene rings is 1. The number of pyridine rings is 1. The van der Waals surface area contributed by atoms with Crippen molar-refractivity contribution in [3.63, 3.8) is 0 Å². The number of hydrogen-bond donors (Lipinski definition) is 1. The van der Waals surface area contributed by atoms with E-state index in [0.29, 0.717) is 18.9 Å². The first-order valence-electron chi connectivity index (χ1n) is 7.15. The summed E-state index contributed by atoms with van der Waals surface area (Å²) >= 11 is 3.39. The van der Waals surface area contributed by atoms with Crippen molar-refractivity contribution in [2.75, 3.05) is 0 Å². The van der Waals surface area contributed by atoms with E-state index in [4.69, 9.17) is 0 Å². The maximum atomic E-state index is 12.0. The molecule has 1 amide bonds. The molecule has 108 valence electrons. The van der Waals surface area contributed by atoms with Crippen LogP contribution in [0.1, 0.15) is 35.4 Å². The van der Waals surface area contributed by atoms with E-state index in [1.54, 1.807) is 0 Å². The monoisotopic (exact) mass is 344 g/mol. The van der Waals surface area contributed by atoms with Gasteiger partial charge in [0, 0.05) is 23.4 Å². The number of amides is 1. The molecule has 0 aliphatic heterocycles. The summed E-state index contributed by atoms with van der Waals surface area (Å²) in [6.45, 7) is 0.545. The molecule has 2 aromatic rings. The fourth-order valence-corrected chi connectivity index (χ4v) is 2.56. The van der Waals surface area contributed by atoms with Gasteiger partial charge in [0.15, 0.2) is 0 Å². The minimum Gasteiger partial charge on any atom is -0.352 e. The first-order valence-corrected chi connectivity index (χ1v) is 7.95. The number of hydrogen-bond acceptors (Lipinski definition) is 2. The first-order chi connectivity index (χ1) is 10.2. The minimum atomic E-state index is 0.0362. The topological polar surface area (TPSA) is 42.0 Å². The summed E-state index contributed by atoms with van der Waals surface area (Å²) < 4.78 is 1.02. The van der Waals surface area contributed by atoms with Crippen LogP contribution in [-0.2, 0) is 17.8 Å². The van der Waals surface area contributed by atoms with Crippen LogP contribution < -0.4 is 5.32 Å². The molecule has 4 heteroatoms. The molecule has 1 heterocycles. The third-order valence-electron chi connectivity index (χ3n) is 3.63. The van der Waals surface area contributed by atoms with Crippen LogP contribution in [0.5, 0.6) is 0 Å².